The molecule has 0 heterocycles. The third-order valence-corrected chi connectivity index (χ3v) is 3.17. The number of carbonyl (C=O) groups excluding carboxylic acids is 2. The van der Waals surface area contributed by atoms with Crippen LogP contribution in [0.1, 0.15) is 20.7 Å². The summed E-state index contributed by atoms with van der Waals surface area (Å²) in [6.07, 6.45) is 0. The van der Waals surface area contributed by atoms with Crippen molar-refractivity contribution in [2.24, 2.45) is 0 Å². The van der Waals surface area contributed by atoms with E-state index in [4.69, 9.17) is 11.6 Å². The van der Waals surface area contributed by atoms with E-state index in [9.17, 15) is 9.59 Å². The lowest BCUT2D eigenvalue weighted by Crippen LogP contribution is -2.33. The van der Waals surface area contributed by atoms with Gasteiger partial charge in [0.1, 0.15) is 5.38 Å². The van der Waals surface area contributed by atoms with Crippen LogP contribution in [0.2, 0.25) is 0 Å². The summed E-state index contributed by atoms with van der Waals surface area (Å²) in [6.45, 7) is 0.100. The number of amides is 1. The fraction of sp³-hybridized carbons (Fsp3) is 0.125. The quantitative estimate of drug-likeness (QED) is 0.679. The molecule has 0 saturated carbocycles. The maximum atomic E-state index is 12.0. The molecule has 1 amide bonds. The number of hydrogen-bond acceptors (Lipinski definition) is 2. The van der Waals surface area contributed by atoms with E-state index in [0.717, 1.165) is 0 Å². The van der Waals surface area contributed by atoms with Crippen molar-refractivity contribution in [2.45, 2.75) is 5.38 Å². The number of ketones is 1. The van der Waals surface area contributed by atoms with E-state index in [-0.39, 0.29) is 18.2 Å². The van der Waals surface area contributed by atoms with Crippen molar-refractivity contribution in [2.75, 3.05) is 6.54 Å². The molecule has 0 aliphatic heterocycles. The number of alkyl halides is 1. The fourth-order valence-corrected chi connectivity index (χ4v) is 1.95. The third kappa shape index (κ3) is 3.68. The van der Waals surface area contributed by atoms with Crippen LogP contribution in [0.5, 0.6) is 0 Å². The molecular formula is C16H14ClNO2. The second kappa shape index (κ2) is 6.87. The molecule has 1 N–H and O–H groups in total. The van der Waals surface area contributed by atoms with Gasteiger partial charge < -0.3 is 5.32 Å². The lowest BCUT2D eigenvalue weighted by molar-refractivity contribution is 0.0942. The Labute approximate surface area is 122 Å². The number of Topliss-reactive ketones (excluding diaryl/α,β-unsaturated/α-hetero) is 1. The number of rotatable bonds is 5. The minimum absolute atomic E-state index is 0.100. The summed E-state index contributed by atoms with van der Waals surface area (Å²) in [6, 6.07) is 17.6. The summed E-state index contributed by atoms with van der Waals surface area (Å²) in [5, 5.41) is 1.88. The Hall–Kier alpha value is -2.13. The summed E-state index contributed by atoms with van der Waals surface area (Å²) in [5.41, 5.74) is 1.09. The van der Waals surface area contributed by atoms with Gasteiger partial charge in [-0.1, -0.05) is 48.5 Å². The number of halogens is 1. The molecular weight excluding hydrogens is 274 g/mol. The van der Waals surface area contributed by atoms with Gasteiger partial charge in [-0.25, -0.2) is 0 Å². The first kappa shape index (κ1) is 14.3. The van der Waals surface area contributed by atoms with Gasteiger partial charge in [-0.2, -0.15) is 0 Å². The lowest BCUT2D eigenvalue weighted by Gasteiger charge is -2.10. The minimum Gasteiger partial charge on any atom is -0.350 e. The molecule has 4 heteroatoms. The zero-order valence-electron chi connectivity index (χ0n) is 10.8. The summed E-state index contributed by atoms with van der Waals surface area (Å²) in [5.74, 6) is -0.433. The second-order valence-corrected chi connectivity index (χ2v) is 4.80. The molecule has 3 nitrogen and oxygen atoms in total. The molecule has 0 aliphatic rings. The Kier molecular flexibility index (Phi) is 4.91. The zero-order valence-corrected chi connectivity index (χ0v) is 11.5. The van der Waals surface area contributed by atoms with Gasteiger partial charge >= 0.3 is 0 Å². The zero-order chi connectivity index (χ0) is 14.4. The van der Waals surface area contributed by atoms with Gasteiger partial charge in [0.25, 0.3) is 5.91 Å². The molecule has 1 atom stereocenters. The Bertz CT molecular complexity index is 584. The third-order valence-electron chi connectivity index (χ3n) is 2.82. The van der Waals surface area contributed by atoms with Crippen LogP contribution in [-0.4, -0.2) is 23.6 Å². The summed E-state index contributed by atoms with van der Waals surface area (Å²) in [4.78, 5) is 23.8. The van der Waals surface area contributed by atoms with E-state index in [0.29, 0.717) is 11.1 Å². The van der Waals surface area contributed by atoms with Crippen LogP contribution < -0.4 is 5.32 Å². The van der Waals surface area contributed by atoms with Crippen molar-refractivity contribution in [1.29, 1.82) is 0 Å². The normalized spacial score (nSPS) is 11.7. The minimum atomic E-state index is -0.773. The van der Waals surface area contributed by atoms with Crippen LogP contribution in [-0.2, 0) is 0 Å². The molecule has 0 bridgehead atoms. The second-order valence-electron chi connectivity index (χ2n) is 4.27. The van der Waals surface area contributed by atoms with Gasteiger partial charge in [-0.3, -0.25) is 9.59 Å². The molecule has 0 saturated heterocycles. The highest BCUT2D eigenvalue weighted by Crippen LogP contribution is 2.08. The van der Waals surface area contributed by atoms with Crippen LogP contribution in [0.15, 0.2) is 60.7 Å². The number of hydrogen-bond donors (Lipinski definition) is 1. The maximum Gasteiger partial charge on any atom is 0.251 e. The first-order valence-corrected chi connectivity index (χ1v) is 6.68. The van der Waals surface area contributed by atoms with Gasteiger partial charge in [0.05, 0.1) is 0 Å². The van der Waals surface area contributed by atoms with E-state index in [1.807, 2.05) is 12.1 Å². The molecule has 2 aromatic rings. The monoisotopic (exact) mass is 287 g/mol. The van der Waals surface area contributed by atoms with E-state index in [1.165, 1.54) is 0 Å². The highest BCUT2D eigenvalue weighted by molar-refractivity contribution is 6.34. The molecule has 102 valence electrons. The average molecular weight is 288 g/mol. The molecule has 0 radical (unpaired) electrons. The molecule has 2 aromatic carbocycles. The summed E-state index contributed by atoms with van der Waals surface area (Å²) in [7, 11) is 0. The van der Waals surface area contributed by atoms with Crippen molar-refractivity contribution < 1.29 is 9.59 Å². The van der Waals surface area contributed by atoms with Crippen LogP contribution in [0.25, 0.3) is 0 Å². The van der Waals surface area contributed by atoms with Gasteiger partial charge in [-0.15, -0.1) is 11.6 Å². The standard InChI is InChI=1S/C16H14ClNO2/c17-14(15(19)12-7-3-1-4-8-12)11-18-16(20)13-9-5-2-6-10-13/h1-10,14H,11H2,(H,18,20). The smallest absolute Gasteiger partial charge is 0.251 e. The predicted molar refractivity (Wildman–Crippen MR) is 79.2 cm³/mol. The Morgan fingerprint density at radius 2 is 1.40 bits per heavy atom. The van der Waals surface area contributed by atoms with Crippen molar-refractivity contribution in [1.82, 2.24) is 5.32 Å². The first-order valence-electron chi connectivity index (χ1n) is 6.25. The van der Waals surface area contributed by atoms with Crippen LogP contribution in [0.3, 0.4) is 0 Å². The van der Waals surface area contributed by atoms with Gasteiger partial charge in [0.2, 0.25) is 0 Å². The molecule has 20 heavy (non-hydrogen) atoms. The van der Waals surface area contributed by atoms with Crippen molar-refractivity contribution >= 4 is 23.3 Å². The SMILES string of the molecule is O=C(NCC(Cl)C(=O)c1ccccc1)c1ccccc1. The highest BCUT2D eigenvalue weighted by Gasteiger charge is 2.18. The van der Waals surface area contributed by atoms with Gasteiger partial charge in [0, 0.05) is 17.7 Å². The van der Waals surface area contributed by atoms with E-state index < -0.39 is 5.38 Å². The van der Waals surface area contributed by atoms with E-state index in [2.05, 4.69) is 5.32 Å². The molecule has 0 aliphatic carbocycles. The van der Waals surface area contributed by atoms with E-state index >= 15 is 0 Å². The number of carbonyl (C=O) groups is 2. The summed E-state index contributed by atoms with van der Waals surface area (Å²) >= 11 is 6.03. The average Bonchev–Trinajstić information content (AvgIpc) is 2.53. The lowest BCUT2D eigenvalue weighted by atomic mass is 10.1. The van der Waals surface area contributed by atoms with Crippen LogP contribution in [0.4, 0.5) is 0 Å². The van der Waals surface area contributed by atoms with E-state index in [1.54, 1.807) is 48.5 Å². The highest BCUT2D eigenvalue weighted by atomic mass is 35.5. The first-order chi connectivity index (χ1) is 9.68. The predicted octanol–water partition coefficient (Wildman–Crippen LogP) is 2.91. The van der Waals surface area contributed by atoms with Crippen molar-refractivity contribution in [3.05, 3.63) is 71.8 Å². The molecule has 0 aromatic heterocycles. The molecule has 0 spiro atoms. The molecule has 0 fully saturated rings. The van der Waals surface area contributed by atoms with Gasteiger partial charge in [0.15, 0.2) is 5.78 Å². The van der Waals surface area contributed by atoms with Gasteiger partial charge in [-0.05, 0) is 12.1 Å². The van der Waals surface area contributed by atoms with Crippen molar-refractivity contribution in [3.63, 3.8) is 0 Å². The topological polar surface area (TPSA) is 46.2 Å². The molecule has 2 rings (SSSR count). The van der Waals surface area contributed by atoms with Crippen LogP contribution >= 0.6 is 11.6 Å². The summed E-state index contributed by atoms with van der Waals surface area (Å²) < 4.78 is 0. The fourth-order valence-electron chi connectivity index (χ4n) is 1.75. The maximum absolute atomic E-state index is 12.0. The van der Waals surface area contributed by atoms with Crippen molar-refractivity contribution in [3.8, 4) is 0 Å². The largest absolute Gasteiger partial charge is 0.350 e. The number of nitrogens with one attached hydrogen (secondary N) is 1. The molecule has 1 unspecified atom stereocenters. The Balaban J connectivity index is 1.91. The Morgan fingerprint density at radius 1 is 0.900 bits per heavy atom. The van der Waals surface area contributed by atoms with Crippen LogP contribution in [0, 0.1) is 0 Å². The Morgan fingerprint density at radius 3 is 1.95 bits per heavy atom. The number of benzene rings is 2.